The predicted molar refractivity (Wildman–Crippen MR) is 111 cm³/mol. The summed E-state index contributed by atoms with van der Waals surface area (Å²) in [4.78, 5) is 2.33. The molecule has 0 saturated carbocycles. The number of fused-ring (bicyclic) bond motifs is 1. The summed E-state index contributed by atoms with van der Waals surface area (Å²) in [5, 5.41) is 0. The van der Waals surface area contributed by atoms with Crippen molar-refractivity contribution in [2.24, 2.45) is 0 Å². The monoisotopic (exact) mass is 404 g/mol. The van der Waals surface area contributed by atoms with Crippen LogP contribution >= 0.6 is 0 Å². The Morgan fingerprint density at radius 3 is 2.50 bits per heavy atom. The summed E-state index contributed by atoms with van der Waals surface area (Å²) in [6.07, 6.45) is 2.68. The lowest BCUT2D eigenvalue weighted by atomic mass is 10.00. The van der Waals surface area contributed by atoms with Crippen LogP contribution in [0, 0.1) is 0 Å². The maximum absolute atomic E-state index is 12.9. The Balaban J connectivity index is 1.91. The third-order valence-corrected chi connectivity index (χ3v) is 6.43. The number of likely N-dealkylation sites (N-methyl/N-ethyl adjacent to an activating group) is 1. The lowest BCUT2D eigenvalue weighted by Crippen LogP contribution is -2.38. The summed E-state index contributed by atoms with van der Waals surface area (Å²) < 4.78 is 39.9. The van der Waals surface area contributed by atoms with Crippen LogP contribution < -0.4 is 14.2 Å². The van der Waals surface area contributed by atoms with Crippen LogP contribution in [0.15, 0.2) is 41.3 Å². The molecular weight excluding hydrogens is 376 g/mol. The van der Waals surface area contributed by atoms with E-state index >= 15 is 0 Å². The molecule has 0 fully saturated rings. The highest BCUT2D eigenvalue weighted by Gasteiger charge is 2.28. The van der Waals surface area contributed by atoms with Gasteiger partial charge in [-0.05, 0) is 56.8 Å². The number of sulfonamides is 1. The van der Waals surface area contributed by atoms with Crippen molar-refractivity contribution >= 4 is 15.7 Å². The summed E-state index contributed by atoms with van der Waals surface area (Å²) in [5.41, 5.74) is 2.44. The van der Waals surface area contributed by atoms with E-state index < -0.39 is 10.0 Å². The van der Waals surface area contributed by atoms with Gasteiger partial charge in [0.05, 0.1) is 17.7 Å². The van der Waals surface area contributed by atoms with E-state index in [0.29, 0.717) is 23.8 Å². The highest BCUT2D eigenvalue weighted by molar-refractivity contribution is 7.92. The number of benzene rings is 2. The van der Waals surface area contributed by atoms with Gasteiger partial charge in [-0.25, -0.2) is 8.42 Å². The summed E-state index contributed by atoms with van der Waals surface area (Å²) >= 11 is 0. The first-order valence-corrected chi connectivity index (χ1v) is 10.9. The molecular formula is C21H28N2O4S. The standard InChI is InChI=1S/C21H28N2O4S/c1-5-6-15-7-9-17(10-8-15)28(24,25)22-19-11-12-20(26-4)18-13-16(23(2)3)14-27-21(18)19/h7-12,16,22H,5-6,13-14H2,1-4H3/t16-/m1/s1. The molecule has 0 unspecified atom stereocenters. The normalized spacial score (nSPS) is 16.4. The number of aryl methyl sites for hydroxylation is 1. The molecule has 3 rings (SSSR count). The van der Waals surface area contributed by atoms with Crippen LogP contribution in [0.1, 0.15) is 24.5 Å². The average Bonchev–Trinajstić information content (AvgIpc) is 2.68. The zero-order valence-electron chi connectivity index (χ0n) is 16.9. The minimum Gasteiger partial charge on any atom is -0.496 e. The van der Waals surface area contributed by atoms with Crippen LogP contribution in [0.5, 0.6) is 11.5 Å². The lowest BCUT2D eigenvalue weighted by molar-refractivity contribution is 0.164. The first kappa shape index (κ1) is 20.5. The minimum absolute atomic E-state index is 0.208. The molecule has 0 bridgehead atoms. The summed E-state index contributed by atoms with van der Waals surface area (Å²) in [5.74, 6) is 1.25. The molecule has 152 valence electrons. The Hall–Kier alpha value is -2.25. The molecule has 0 aromatic heterocycles. The highest BCUT2D eigenvalue weighted by Crippen LogP contribution is 2.40. The molecule has 6 nitrogen and oxygen atoms in total. The Labute approximate surface area is 167 Å². The van der Waals surface area contributed by atoms with Crippen LogP contribution in [0.25, 0.3) is 0 Å². The third-order valence-electron chi connectivity index (χ3n) is 5.04. The molecule has 2 aromatic rings. The van der Waals surface area contributed by atoms with Gasteiger partial charge < -0.3 is 14.4 Å². The van der Waals surface area contributed by atoms with Crippen LogP contribution in [-0.2, 0) is 22.9 Å². The van der Waals surface area contributed by atoms with E-state index in [1.54, 1.807) is 31.4 Å². The van der Waals surface area contributed by atoms with Crippen molar-refractivity contribution in [3.05, 3.63) is 47.5 Å². The first-order chi connectivity index (χ1) is 13.4. The van der Waals surface area contributed by atoms with Crippen LogP contribution in [0.2, 0.25) is 0 Å². The molecule has 0 saturated heterocycles. The second-order valence-corrected chi connectivity index (χ2v) is 8.94. The van der Waals surface area contributed by atoms with E-state index in [1.165, 1.54) is 0 Å². The first-order valence-electron chi connectivity index (χ1n) is 9.46. The number of hydrogen-bond acceptors (Lipinski definition) is 5. The van der Waals surface area contributed by atoms with Gasteiger partial charge in [0.15, 0.2) is 0 Å². The van der Waals surface area contributed by atoms with Gasteiger partial charge >= 0.3 is 0 Å². The van der Waals surface area contributed by atoms with Gasteiger partial charge in [-0.2, -0.15) is 0 Å². The molecule has 28 heavy (non-hydrogen) atoms. The smallest absolute Gasteiger partial charge is 0.262 e. The molecule has 1 atom stereocenters. The van der Waals surface area contributed by atoms with Crippen molar-refractivity contribution in [2.45, 2.75) is 37.1 Å². The number of rotatable bonds is 7. The van der Waals surface area contributed by atoms with Crippen molar-refractivity contribution in [1.82, 2.24) is 4.90 Å². The van der Waals surface area contributed by atoms with Gasteiger partial charge in [0, 0.05) is 11.6 Å². The fraction of sp³-hybridized carbons (Fsp3) is 0.429. The summed E-state index contributed by atoms with van der Waals surface area (Å²) in [6.45, 7) is 2.59. The van der Waals surface area contributed by atoms with Gasteiger partial charge in [-0.15, -0.1) is 0 Å². The summed E-state index contributed by atoms with van der Waals surface area (Å²) in [7, 11) is 1.90. The molecule has 0 spiro atoms. The number of anilines is 1. The zero-order chi connectivity index (χ0) is 20.3. The molecule has 2 aromatic carbocycles. The molecule has 0 amide bonds. The van der Waals surface area contributed by atoms with Crippen LogP contribution in [-0.4, -0.2) is 47.2 Å². The second kappa shape index (κ2) is 8.41. The maximum Gasteiger partial charge on any atom is 0.262 e. The van der Waals surface area contributed by atoms with Crippen molar-refractivity contribution in [3.63, 3.8) is 0 Å². The number of hydrogen-bond donors (Lipinski definition) is 1. The lowest BCUT2D eigenvalue weighted by Gasteiger charge is -2.32. The van der Waals surface area contributed by atoms with Crippen LogP contribution in [0.4, 0.5) is 5.69 Å². The number of nitrogens with one attached hydrogen (secondary N) is 1. The summed E-state index contributed by atoms with van der Waals surface area (Å²) in [6, 6.07) is 10.7. The highest BCUT2D eigenvalue weighted by atomic mass is 32.2. The van der Waals surface area contributed by atoms with Crippen LogP contribution in [0.3, 0.4) is 0 Å². The predicted octanol–water partition coefficient (Wildman–Crippen LogP) is 3.31. The van der Waals surface area contributed by atoms with E-state index in [0.717, 1.165) is 30.4 Å². The Morgan fingerprint density at radius 2 is 1.89 bits per heavy atom. The van der Waals surface area contributed by atoms with Gasteiger partial charge in [-0.3, -0.25) is 4.72 Å². The van der Waals surface area contributed by atoms with Gasteiger partial charge in [0.1, 0.15) is 18.1 Å². The number of nitrogens with zero attached hydrogens (tertiary/aromatic N) is 1. The maximum atomic E-state index is 12.9. The molecule has 1 aliphatic rings. The van der Waals surface area contributed by atoms with Gasteiger partial charge in [-0.1, -0.05) is 25.5 Å². The Morgan fingerprint density at radius 1 is 1.18 bits per heavy atom. The number of ether oxygens (including phenoxy) is 2. The van der Waals surface area contributed by atoms with Crippen molar-refractivity contribution < 1.29 is 17.9 Å². The fourth-order valence-corrected chi connectivity index (χ4v) is 4.44. The van der Waals surface area contributed by atoms with E-state index in [-0.39, 0.29) is 10.9 Å². The van der Waals surface area contributed by atoms with Gasteiger partial charge in [0.25, 0.3) is 10.0 Å². The quantitative estimate of drug-likeness (QED) is 0.767. The number of methoxy groups -OCH3 is 1. The minimum atomic E-state index is -3.71. The van der Waals surface area contributed by atoms with E-state index in [4.69, 9.17) is 9.47 Å². The topological polar surface area (TPSA) is 67.9 Å². The third kappa shape index (κ3) is 4.25. The molecule has 0 aliphatic carbocycles. The fourth-order valence-electron chi connectivity index (χ4n) is 3.37. The Bertz CT molecular complexity index is 924. The van der Waals surface area contributed by atoms with E-state index in [2.05, 4.69) is 16.5 Å². The second-order valence-electron chi connectivity index (χ2n) is 7.26. The van der Waals surface area contributed by atoms with E-state index in [9.17, 15) is 8.42 Å². The molecule has 1 N–H and O–H groups in total. The molecule has 7 heteroatoms. The van der Waals surface area contributed by atoms with Crippen molar-refractivity contribution in [3.8, 4) is 11.5 Å². The largest absolute Gasteiger partial charge is 0.496 e. The van der Waals surface area contributed by atoms with Crippen molar-refractivity contribution in [2.75, 3.05) is 32.5 Å². The SMILES string of the molecule is CCCc1ccc(S(=O)(=O)Nc2ccc(OC)c3c2OC[C@H](N(C)C)C3)cc1. The van der Waals surface area contributed by atoms with E-state index in [1.807, 2.05) is 26.2 Å². The average molecular weight is 405 g/mol. The van der Waals surface area contributed by atoms with Gasteiger partial charge in [0.2, 0.25) is 0 Å². The van der Waals surface area contributed by atoms with Crippen molar-refractivity contribution in [1.29, 1.82) is 0 Å². The molecule has 1 aliphatic heterocycles. The molecule has 1 heterocycles. The Kier molecular flexibility index (Phi) is 6.15. The molecule has 0 radical (unpaired) electrons. The zero-order valence-corrected chi connectivity index (χ0v) is 17.7.